The molecule has 0 heterocycles. The van der Waals surface area contributed by atoms with Gasteiger partial charge in [0.05, 0.1) is 11.0 Å². The van der Waals surface area contributed by atoms with Crippen molar-refractivity contribution in [2.24, 2.45) is 0 Å². The fraction of sp³-hybridized carbons (Fsp3) is 0.316. The van der Waals surface area contributed by atoms with Gasteiger partial charge in [-0.25, -0.2) is 0 Å². The number of benzene rings is 2. The van der Waals surface area contributed by atoms with Crippen LogP contribution in [-0.4, -0.2) is 22.8 Å². The number of hydrogen-bond donors (Lipinski definition) is 0. The van der Waals surface area contributed by atoms with Gasteiger partial charge in [0.15, 0.2) is 0 Å². The Morgan fingerprint density at radius 3 is 2.71 bits per heavy atom. The van der Waals surface area contributed by atoms with Gasteiger partial charge in [0.25, 0.3) is 11.6 Å². The van der Waals surface area contributed by atoms with Crippen LogP contribution in [0.25, 0.3) is 0 Å². The molecule has 0 radical (unpaired) electrons. The second-order valence-corrected chi connectivity index (χ2v) is 6.28. The molecule has 1 aliphatic carbocycles. The molecule has 0 aromatic heterocycles. The van der Waals surface area contributed by atoms with Crippen molar-refractivity contribution in [3.63, 3.8) is 0 Å². The molecular formula is C19H20N2O3. The monoisotopic (exact) mass is 324 g/mol. The number of nitro groups is 1. The van der Waals surface area contributed by atoms with E-state index in [0.29, 0.717) is 11.1 Å². The van der Waals surface area contributed by atoms with E-state index in [0.717, 1.165) is 19.3 Å². The molecule has 0 aliphatic heterocycles. The van der Waals surface area contributed by atoms with Gasteiger partial charge in [-0.2, -0.15) is 0 Å². The van der Waals surface area contributed by atoms with Crippen molar-refractivity contribution in [1.29, 1.82) is 0 Å². The Kier molecular flexibility index (Phi) is 4.34. The third-order valence-electron chi connectivity index (χ3n) is 4.77. The van der Waals surface area contributed by atoms with Crippen LogP contribution in [0, 0.1) is 17.0 Å². The molecule has 0 fully saturated rings. The maximum Gasteiger partial charge on any atom is 0.272 e. The third kappa shape index (κ3) is 2.89. The maximum absolute atomic E-state index is 12.8. The van der Waals surface area contributed by atoms with E-state index in [-0.39, 0.29) is 17.6 Å². The standard InChI is InChI=1S/C19H20N2O3/c1-13-12-15(10-11-17(13)21(23)24)19(22)20(2)18-9-5-7-14-6-3-4-8-16(14)18/h3-4,6,8,10-12,18H,5,7,9H2,1-2H3/t18-/m1/s1. The molecule has 0 bridgehead atoms. The van der Waals surface area contributed by atoms with Gasteiger partial charge >= 0.3 is 0 Å². The first kappa shape index (κ1) is 16.2. The van der Waals surface area contributed by atoms with Gasteiger partial charge in [0.1, 0.15) is 0 Å². The molecule has 3 rings (SSSR count). The first-order valence-electron chi connectivity index (χ1n) is 8.09. The predicted molar refractivity (Wildman–Crippen MR) is 92.0 cm³/mol. The van der Waals surface area contributed by atoms with Gasteiger partial charge < -0.3 is 4.90 Å². The molecule has 0 saturated carbocycles. The molecule has 5 heteroatoms. The largest absolute Gasteiger partial charge is 0.335 e. The molecular weight excluding hydrogens is 304 g/mol. The van der Waals surface area contributed by atoms with Crippen molar-refractivity contribution in [3.8, 4) is 0 Å². The van der Waals surface area contributed by atoms with Crippen LogP contribution in [0.15, 0.2) is 42.5 Å². The number of nitro benzene ring substituents is 1. The highest BCUT2D eigenvalue weighted by atomic mass is 16.6. The summed E-state index contributed by atoms with van der Waals surface area (Å²) < 4.78 is 0. The topological polar surface area (TPSA) is 63.5 Å². The molecule has 5 nitrogen and oxygen atoms in total. The van der Waals surface area contributed by atoms with Gasteiger partial charge in [-0.05, 0) is 49.4 Å². The lowest BCUT2D eigenvalue weighted by atomic mass is 9.87. The van der Waals surface area contributed by atoms with Gasteiger partial charge in [0, 0.05) is 24.2 Å². The summed E-state index contributed by atoms with van der Waals surface area (Å²) in [6.07, 6.45) is 3.04. The molecule has 2 aromatic carbocycles. The highest BCUT2D eigenvalue weighted by Gasteiger charge is 2.27. The van der Waals surface area contributed by atoms with E-state index in [9.17, 15) is 14.9 Å². The van der Waals surface area contributed by atoms with Crippen molar-refractivity contribution in [1.82, 2.24) is 4.90 Å². The summed E-state index contributed by atoms with van der Waals surface area (Å²) in [5.41, 5.74) is 3.54. The molecule has 0 unspecified atom stereocenters. The minimum atomic E-state index is -0.426. The van der Waals surface area contributed by atoms with Crippen LogP contribution in [-0.2, 0) is 6.42 Å². The Morgan fingerprint density at radius 1 is 1.25 bits per heavy atom. The Labute approximate surface area is 141 Å². The lowest BCUT2D eigenvalue weighted by molar-refractivity contribution is -0.385. The molecule has 1 aliphatic rings. The van der Waals surface area contributed by atoms with E-state index in [1.165, 1.54) is 17.2 Å². The number of aryl methyl sites for hydroxylation is 2. The highest BCUT2D eigenvalue weighted by Crippen LogP contribution is 2.34. The maximum atomic E-state index is 12.8. The van der Waals surface area contributed by atoms with E-state index < -0.39 is 4.92 Å². The Bertz CT molecular complexity index is 801. The zero-order valence-corrected chi connectivity index (χ0v) is 13.9. The zero-order chi connectivity index (χ0) is 17.3. The summed E-state index contributed by atoms with van der Waals surface area (Å²) in [5, 5.41) is 10.9. The van der Waals surface area contributed by atoms with Crippen molar-refractivity contribution < 1.29 is 9.72 Å². The summed E-state index contributed by atoms with van der Waals surface area (Å²) >= 11 is 0. The van der Waals surface area contributed by atoms with E-state index in [4.69, 9.17) is 0 Å². The van der Waals surface area contributed by atoms with E-state index >= 15 is 0 Å². The van der Waals surface area contributed by atoms with Crippen molar-refractivity contribution >= 4 is 11.6 Å². The third-order valence-corrected chi connectivity index (χ3v) is 4.77. The van der Waals surface area contributed by atoms with E-state index in [1.807, 2.05) is 19.2 Å². The van der Waals surface area contributed by atoms with Crippen molar-refractivity contribution in [2.75, 3.05) is 7.05 Å². The number of nitrogens with zero attached hydrogens (tertiary/aromatic N) is 2. The van der Waals surface area contributed by atoms with Crippen LogP contribution in [0.3, 0.4) is 0 Å². The lowest BCUT2D eigenvalue weighted by Crippen LogP contribution is -2.33. The number of fused-ring (bicyclic) bond motifs is 1. The summed E-state index contributed by atoms with van der Waals surface area (Å²) in [5.74, 6) is -0.102. The number of rotatable bonds is 3. The molecule has 124 valence electrons. The smallest absolute Gasteiger partial charge is 0.272 e. The van der Waals surface area contributed by atoms with Gasteiger partial charge in [-0.15, -0.1) is 0 Å². The van der Waals surface area contributed by atoms with Crippen LogP contribution < -0.4 is 0 Å². The highest BCUT2D eigenvalue weighted by molar-refractivity contribution is 5.95. The Hall–Kier alpha value is -2.69. The molecule has 1 amide bonds. The number of amides is 1. The summed E-state index contributed by atoms with van der Waals surface area (Å²) in [4.78, 5) is 25.1. The second kappa shape index (κ2) is 6.43. The molecule has 0 N–H and O–H groups in total. The zero-order valence-electron chi connectivity index (χ0n) is 13.9. The fourth-order valence-electron chi connectivity index (χ4n) is 3.47. The van der Waals surface area contributed by atoms with Crippen molar-refractivity contribution in [3.05, 3.63) is 74.8 Å². The quantitative estimate of drug-likeness (QED) is 0.632. The van der Waals surface area contributed by atoms with Gasteiger partial charge in [-0.3, -0.25) is 14.9 Å². The van der Waals surface area contributed by atoms with Crippen LogP contribution in [0.4, 0.5) is 5.69 Å². The molecule has 1 atom stereocenters. The molecule has 24 heavy (non-hydrogen) atoms. The SMILES string of the molecule is Cc1cc(C(=O)N(C)[C@@H]2CCCc3ccccc32)ccc1[N+](=O)[O-]. The lowest BCUT2D eigenvalue weighted by Gasteiger charge is -2.33. The fourth-order valence-corrected chi connectivity index (χ4v) is 3.47. The Balaban J connectivity index is 1.88. The number of hydrogen-bond acceptors (Lipinski definition) is 3. The Morgan fingerprint density at radius 2 is 2.00 bits per heavy atom. The minimum absolute atomic E-state index is 0.0391. The number of carbonyl (C=O) groups excluding carboxylic acids is 1. The molecule has 0 spiro atoms. The summed E-state index contributed by atoms with van der Waals surface area (Å²) in [7, 11) is 1.81. The second-order valence-electron chi connectivity index (χ2n) is 6.28. The van der Waals surface area contributed by atoms with Gasteiger partial charge in [0.2, 0.25) is 0 Å². The molecule has 0 saturated heterocycles. The first-order valence-corrected chi connectivity index (χ1v) is 8.09. The summed E-state index contributed by atoms with van der Waals surface area (Å²) in [6.45, 7) is 1.66. The minimum Gasteiger partial charge on any atom is -0.335 e. The normalized spacial score (nSPS) is 16.3. The van der Waals surface area contributed by atoms with Crippen LogP contribution in [0.1, 0.15) is 45.9 Å². The summed E-state index contributed by atoms with van der Waals surface area (Å²) in [6, 6.07) is 12.8. The van der Waals surface area contributed by atoms with E-state index in [1.54, 1.807) is 24.0 Å². The van der Waals surface area contributed by atoms with Crippen LogP contribution in [0.2, 0.25) is 0 Å². The average Bonchev–Trinajstić information content (AvgIpc) is 2.59. The average molecular weight is 324 g/mol. The van der Waals surface area contributed by atoms with E-state index in [2.05, 4.69) is 12.1 Å². The van der Waals surface area contributed by atoms with Crippen LogP contribution in [0.5, 0.6) is 0 Å². The van der Waals surface area contributed by atoms with Gasteiger partial charge in [-0.1, -0.05) is 24.3 Å². The van der Waals surface area contributed by atoms with Crippen LogP contribution >= 0.6 is 0 Å². The van der Waals surface area contributed by atoms with Crippen molar-refractivity contribution in [2.45, 2.75) is 32.2 Å². The number of carbonyl (C=O) groups is 1. The molecule has 2 aromatic rings. The predicted octanol–water partition coefficient (Wildman–Crippen LogP) is 4.05. The first-order chi connectivity index (χ1) is 11.5.